The van der Waals surface area contributed by atoms with E-state index in [2.05, 4.69) is 4.90 Å². The Kier molecular flexibility index (Phi) is 5.79. The van der Waals surface area contributed by atoms with E-state index in [1.807, 2.05) is 24.3 Å². The highest BCUT2D eigenvalue weighted by Gasteiger charge is 2.22. The molecular formula is C20H23FN2O2. The molecule has 0 bridgehead atoms. The first-order valence-corrected chi connectivity index (χ1v) is 8.62. The van der Waals surface area contributed by atoms with Crippen LogP contribution < -0.4 is 0 Å². The lowest BCUT2D eigenvalue weighted by Crippen LogP contribution is -2.35. The van der Waals surface area contributed by atoms with Gasteiger partial charge in [-0.1, -0.05) is 36.4 Å². The van der Waals surface area contributed by atoms with Gasteiger partial charge in [0.2, 0.25) is 0 Å². The molecule has 1 aliphatic rings. The monoisotopic (exact) mass is 342 g/mol. The highest BCUT2D eigenvalue weighted by molar-refractivity contribution is 5.94. The summed E-state index contributed by atoms with van der Waals surface area (Å²) in [4.78, 5) is 16.6. The molecule has 2 aromatic rings. The van der Waals surface area contributed by atoms with Crippen molar-refractivity contribution >= 4 is 5.91 Å². The van der Waals surface area contributed by atoms with Crippen LogP contribution in [0.5, 0.6) is 0 Å². The first-order chi connectivity index (χ1) is 12.2. The molecule has 1 fully saturated rings. The van der Waals surface area contributed by atoms with Crippen molar-refractivity contribution in [3.8, 4) is 0 Å². The maximum atomic E-state index is 13.8. The number of carbonyl (C=O) groups is 1. The number of halogens is 1. The third-order valence-electron chi connectivity index (χ3n) is 4.59. The quantitative estimate of drug-likeness (QED) is 0.929. The standard InChI is InChI=1S/C20H23FN2O2/c21-19-5-2-1-4-18(19)20(25)23-11-3-10-22(12-13-23)14-16-6-8-17(15-24)9-7-16/h1-2,4-9,24H,3,10-15H2. The summed E-state index contributed by atoms with van der Waals surface area (Å²) in [7, 11) is 0. The normalized spacial score (nSPS) is 15.8. The SMILES string of the molecule is O=C(c1ccccc1F)N1CCCN(Cc2ccc(CO)cc2)CC1. The van der Waals surface area contributed by atoms with Crippen LogP contribution >= 0.6 is 0 Å². The smallest absolute Gasteiger partial charge is 0.256 e. The predicted octanol–water partition coefficient (Wildman–Crippen LogP) is 2.67. The third kappa shape index (κ3) is 4.44. The van der Waals surface area contributed by atoms with Gasteiger partial charge in [-0.05, 0) is 29.7 Å². The highest BCUT2D eigenvalue weighted by atomic mass is 19.1. The predicted molar refractivity (Wildman–Crippen MR) is 94.6 cm³/mol. The van der Waals surface area contributed by atoms with Gasteiger partial charge in [-0.3, -0.25) is 9.69 Å². The third-order valence-corrected chi connectivity index (χ3v) is 4.59. The van der Waals surface area contributed by atoms with E-state index >= 15 is 0 Å². The number of benzene rings is 2. The Bertz CT molecular complexity index is 718. The summed E-state index contributed by atoms with van der Waals surface area (Å²) in [6, 6.07) is 14.1. The van der Waals surface area contributed by atoms with Crippen LogP contribution in [0.2, 0.25) is 0 Å². The van der Waals surface area contributed by atoms with E-state index in [-0.39, 0.29) is 18.1 Å². The topological polar surface area (TPSA) is 43.8 Å². The van der Waals surface area contributed by atoms with Crippen LogP contribution in [0, 0.1) is 5.82 Å². The Morgan fingerprint density at radius 1 is 0.960 bits per heavy atom. The lowest BCUT2D eigenvalue weighted by molar-refractivity contribution is 0.0756. The molecule has 0 aromatic heterocycles. The van der Waals surface area contributed by atoms with Crippen LogP contribution in [-0.2, 0) is 13.2 Å². The second kappa shape index (κ2) is 8.23. The summed E-state index contributed by atoms with van der Waals surface area (Å²) in [6.07, 6.45) is 0.870. The second-order valence-corrected chi connectivity index (χ2v) is 6.38. The maximum absolute atomic E-state index is 13.8. The average molecular weight is 342 g/mol. The number of aliphatic hydroxyl groups is 1. The minimum absolute atomic E-state index is 0.0527. The van der Waals surface area contributed by atoms with Crippen LogP contribution in [0.1, 0.15) is 27.9 Å². The molecule has 1 N–H and O–H groups in total. The number of aliphatic hydroxyl groups excluding tert-OH is 1. The summed E-state index contributed by atoms with van der Waals surface area (Å²) in [5.41, 5.74) is 2.24. The van der Waals surface area contributed by atoms with Gasteiger partial charge in [-0.2, -0.15) is 0 Å². The summed E-state index contributed by atoms with van der Waals surface area (Å²) >= 11 is 0. The molecule has 0 saturated carbocycles. The van der Waals surface area contributed by atoms with Gasteiger partial charge in [0.1, 0.15) is 5.82 Å². The first kappa shape index (κ1) is 17.6. The van der Waals surface area contributed by atoms with Gasteiger partial charge >= 0.3 is 0 Å². The molecule has 1 aliphatic heterocycles. The lowest BCUT2D eigenvalue weighted by atomic mass is 10.1. The fourth-order valence-electron chi connectivity index (χ4n) is 3.15. The Morgan fingerprint density at radius 3 is 2.40 bits per heavy atom. The molecule has 0 unspecified atom stereocenters. The van der Waals surface area contributed by atoms with Crippen molar-refractivity contribution in [1.29, 1.82) is 0 Å². The molecule has 3 rings (SSSR count). The van der Waals surface area contributed by atoms with Crippen molar-refractivity contribution in [2.45, 2.75) is 19.6 Å². The lowest BCUT2D eigenvalue weighted by Gasteiger charge is -2.22. The minimum atomic E-state index is -0.461. The molecule has 1 heterocycles. The number of nitrogens with zero attached hydrogens (tertiary/aromatic N) is 2. The molecule has 0 radical (unpaired) electrons. The Morgan fingerprint density at radius 2 is 1.68 bits per heavy atom. The van der Waals surface area contributed by atoms with E-state index in [1.54, 1.807) is 23.1 Å². The van der Waals surface area contributed by atoms with Crippen molar-refractivity contribution in [1.82, 2.24) is 9.80 Å². The van der Waals surface area contributed by atoms with Crippen LogP contribution in [0.4, 0.5) is 4.39 Å². The molecule has 0 atom stereocenters. The summed E-state index contributed by atoms with van der Waals surface area (Å²) < 4.78 is 13.8. The fraction of sp³-hybridized carbons (Fsp3) is 0.350. The number of rotatable bonds is 4. The van der Waals surface area contributed by atoms with Gasteiger partial charge in [-0.15, -0.1) is 0 Å². The largest absolute Gasteiger partial charge is 0.392 e. The molecule has 1 amide bonds. The van der Waals surface area contributed by atoms with Crippen molar-refractivity contribution in [3.63, 3.8) is 0 Å². The highest BCUT2D eigenvalue weighted by Crippen LogP contribution is 2.14. The molecular weight excluding hydrogens is 319 g/mol. The average Bonchev–Trinajstić information content (AvgIpc) is 2.88. The van der Waals surface area contributed by atoms with Crippen LogP contribution in [0.15, 0.2) is 48.5 Å². The summed E-state index contributed by atoms with van der Waals surface area (Å²) in [5, 5.41) is 9.11. The molecule has 0 spiro atoms. The van der Waals surface area contributed by atoms with Gasteiger partial charge in [0.25, 0.3) is 5.91 Å². The van der Waals surface area contributed by atoms with Crippen LogP contribution in [-0.4, -0.2) is 47.0 Å². The summed E-state index contributed by atoms with van der Waals surface area (Å²) in [5.74, 6) is -0.690. The molecule has 0 aliphatic carbocycles. The number of hydrogen-bond acceptors (Lipinski definition) is 3. The van der Waals surface area contributed by atoms with E-state index in [1.165, 1.54) is 11.6 Å². The first-order valence-electron chi connectivity index (χ1n) is 8.62. The Hall–Kier alpha value is -2.24. The van der Waals surface area contributed by atoms with Gasteiger partial charge in [-0.25, -0.2) is 4.39 Å². The van der Waals surface area contributed by atoms with Crippen molar-refractivity contribution in [3.05, 3.63) is 71.0 Å². The van der Waals surface area contributed by atoms with Crippen molar-refractivity contribution < 1.29 is 14.3 Å². The molecule has 1 saturated heterocycles. The van der Waals surface area contributed by atoms with E-state index < -0.39 is 5.82 Å². The Balaban J connectivity index is 1.60. The maximum Gasteiger partial charge on any atom is 0.256 e. The van der Waals surface area contributed by atoms with E-state index in [4.69, 9.17) is 5.11 Å². The zero-order valence-electron chi connectivity index (χ0n) is 14.2. The van der Waals surface area contributed by atoms with Crippen LogP contribution in [0.25, 0.3) is 0 Å². The van der Waals surface area contributed by atoms with Gasteiger partial charge in [0, 0.05) is 32.7 Å². The molecule has 25 heavy (non-hydrogen) atoms. The van der Waals surface area contributed by atoms with Crippen molar-refractivity contribution in [2.75, 3.05) is 26.2 Å². The Labute approximate surface area is 147 Å². The molecule has 132 valence electrons. The van der Waals surface area contributed by atoms with Crippen molar-refractivity contribution in [2.24, 2.45) is 0 Å². The van der Waals surface area contributed by atoms with Crippen LogP contribution in [0.3, 0.4) is 0 Å². The van der Waals surface area contributed by atoms with E-state index in [0.29, 0.717) is 13.1 Å². The van der Waals surface area contributed by atoms with Gasteiger partial charge in [0.15, 0.2) is 0 Å². The summed E-state index contributed by atoms with van der Waals surface area (Å²) in [6.45, 7) is 3.78. The zero-order valence-corrected chi connectivity index (χ0v) is 14.2. The molecule has 4 nitrogen and oxygen atoms in total. The molecule has 5 heteroatoms. The zero-order chi connectivity index (χ0) is 17.6. The number of amides is 1. The van der Waals surface area contributed by atoms with E-state index in [0.717, 1.165) is 31.6 Å². The van der Waals surface area contributed by atoms with E-state index in [9.17, 15) is 9.18 Å². The minimum Gasteiger partial charge on any atom is -0.392 e. The molecule has 2 aromatic carbocycles. The number of hydrogen-bond donors (Lipinski definition) is 1. The number of carbonyl (C=O) groups excluding carboxylic acids is 1. The van der Waals surface area contributed by atoms with Gasteiger partial charge in [0.05, 0.1) is 12.2 Å². The van der Waals surface area contributed by atoms with Gasteiger partial charge < -0.3 is 10.0 Å². The fourth-order valence-corrected chi connectivity index (χ4v) is 3.15. The second-order valence-electron chi connectivity index (χ2n) is 6.38.